The van der Waals surface area contributed by atoms with Gasteiger partial charge in [-0.15, -0.1) is 0 Å². The third-order valence-corrected chi connectivity index (χ3v) is 13.2. The first-order chi connectivity index (χ1) is 29.5. The lowest BCUT2D eigenvalue weighted by atomic mass is 9.93. The third-order valence-electron chi connectivity index (χ3n) is 11.4. The zero-order chi connectivity index (χ0) is 46.3. The second-order valence-electron chi connectivity index (χ2n) is 16.7. The van der Waals surface area contributed by atoms with Gasteiger partial charge in [0.2, 0.25) is 11.8 Å². The summed E-state index contributed by atoms with van der Waals surface area (Å²) in [5.74, 6) is 0.105. The van der Waals surface area contributed by atoms with Gasteiger partial charge < -0.3 is 20.4 Å². The van der Waals surface area contributed by atoms with E-state index < -0.39 is 30.0 Å². The molecule has 0 aromatic heterocycles. The maximum absolute atomic E-state index is 13.3. The Morgan fingerprint density at radius 2 is 1.33 bits per heavy atom. The summed E-state index contributed by atoms with van der Waals surface area (Å²) in [6.07, 6.45) is 1.70. The number of amides is 2. The quantitative estimate of drug-likeness (QED) is 0.0548. The molecule has 0 saturated carbocycles. The van der Waals surface area contributed by atoms with Crippen molar-refractivity contribution < 1.29 is 39.9 Å². The Hall–Kier alpha value is -5.87. The Labute approximate surface area is 368 Å². The second-order valence-corrected chi connectivity index (χ2v) is 19.5. The molecule has 15 heteroatoms. The molecule has 0 fully saturated rings. The number of aryl methyl sites for hydroxylation is 4. The van der Waals surface area contributed by atoms with Gasteiger partial charge in [0, 0.05) is 63.6 Å². The van der Waals surface area contributed by atoms with Gasteiger partial charge in [-0.05, 0) is 118 Å². The molecular formula is C48H54N4O9S2. The molecule has 13 nitrogen and oxygen atoms in total. The van der Waals surface area contributed by atoms with E-state index in [1.54, 1.807) is 31.2 Å². The number of carbonyl (C=O) groups excluding carboxylic acids is 2. The van der Waals surface area contributed by atoms with Gasteiger partial charge in [-0.2, -0.15) is 16.8 Å². The van der Waals surface area contributed by atoms with E-state index in [-0.39, 0.29) is 51.3 Å². The lowest BCUT2D eigenvalue weighted by Gasteiger charge is -2.22. The molecule has 5 N–H and O–H groups in total. The van der Waals surface area contributed by atoms with Crippen LogP contribution in [-0.2, 0) is 29.8 Å². The van der Waals surface area contributed by atoms with Gasteiger partial charge in [-0.3, -0.25) is 18.7 Å². The largest absolute Gasteiger partial charge is 0.456 e. The van der Waals surface area contributed by atoms with E-state index >= 15 is 0 Å². The van der Waals surface area contributed by atoms with Crippen LogP contribution in [0, 0.1) is 53.4 Å². The molecule has 4 aromatic carbocycles. The van der Waals surface area contributed by atoms with E-state index in [9.17, 15) is 35.5 Å². The van der Waals surface area contributed by atoms with Crippen LogP contribution in [0.1, 0.15) is 80.3 Å². The van der Waals surface area contributed by atoms with E-state index in [2.05, 4.69) is 16.0 Å². The van der Waals surface area contributed by atoms with E-state index in [1.165, 1.54) is 30.3 Å². The summed E-state index contributed by atoms with van der Waals surface area (Å²) in [4.78, 5) is 30.0. The van der Waals surface area contributed by atoms with Crippen LogP contribution in [-0.4, -0.2) is 37.8 Å². The van der Waals surface area contributed by atoms with Gasteiger partial charge >= 0.3 is 0 Å². The van der Waals surface area contributed by atoms with Crippen molar-refractivity contribution >= 4 is 71.5 Å². The molecule has 0 radical (unpaired) electrons. The number of nitrogens with one attached hydrogen (secondary N) is 3. The summed E-state index contributed by atoms with van der Waals surface area (Å²) in [5.41, 5.74) is 7.62. The second kappa shape index (κ2) is 18.1. The minimum Gasteiger partial charge on any atom is -0.456 e. The molecule has 1 unspecified atom stereocenters. The predicted molar refractivity (Wildman–Crippen MR) is 248 cm³/mol. The minimum atomic E-state index is -4.97. The molecular weight excluding hydrogens is 841 g/mol. The highest BCUT2D eigenvalue weighted by Crippen LogP contribution is 2.45. The van der Waals surface area contributed by atoms with Crippen molar-refractivity contribution in [3.63, 3.8) is 0 Å². The molecule has 2 amide bonds. The maximum Gasteiger partial charge on any atom is 0.296 e. The van der Waals surface area contributed by atoms with Crippen LogP contribution in [0.5, 0.6) is 0 Å². The summed E-state index contributed by atoms with van der Waals surface area (Å²) >= 11 is 0. The van der Waals surface area contributed by atoms with Gasteiger partial charge in [-0.1, -0.05) is 58.0 Å². The van der Waals surface area contributed by atoms with Gasteiger partial charge in [0.1, 0.15) is 21.1 Å². The van der Waals surface area contributed by atoms with Crippen molar-refractivity contribution in [2.75, 3.05) is 16.0 Å². The highest BCUT2D eigenvalue weighted by molar-refractivity contribution is 7.86. The van der Waals surface area contributed by atoms with E-state index in [4.69, 9.17) is 9.41 Å². The lowest BCUT2D eigenvalue weighted by Crippen LogP contribution is -2.21. The summed E-state index contributed by atoms with van der Waals surface area (Å²) in [6, 6.07) is 17.2. The number of carbonyl (C=O) groups is 2. The van der Waals surface area contributed by atoms with Crippen LogP contribution in [0.2, 0.25) is 0 Å². The van der Waals surface area contributed by atoms with Crippen molar-refractivity contribution in [3.8, 4) is 22.5 Å². The van der Waals surface area contributed by atoms with Gasteiger partial charge in [0.05, 0.1) is 16.7 Å². The van der Waals surface area contributed by atoms with Crippen LogP contribution in [0.25, 0.3) is 33.4 Å². The SMILES string of the molecule is CCC(C)C(=O)Nc1c(C)cc(C)c(N=c2ccc3c(-c4ccccc4S(=O)(=O)O)c4cc(S(=O)(=O)O)c(Nc5c(C)cc(C)c(NC(=O)CCC(C)C)c5C)cc4oc-3c2)c1C. The van der Waals surface area contributed by atoms with Crippen LogP contribution >= 0.6 is 0 Å². The Balaban J connectivity index is 1.62. The van der Waals surface area contributed by atoms with Crippen molar-refractivity contribution in [2.24, 2.45) is 16.8 Å². The number of nitrogens with zero attached hydrogens (tertiary/aromatic N) is 1. The molecule has 0 saturated heterocycles. The molecule has 1 atom stereocenters. The monoisotopic (exact) mass is 894 g/mol. The number of hydrogen-bond acceptors (Lipinski definition) is 9. The lowest BCUT2D eigenvalue weighted by molar-refractivity contribution is -0.119. The average molecular weight is 895 g/mol. The number of fused-ring (bicyclic) bond motifs is 2. The Kier molecular flexibility index (Phi) is 13.4. The molecule has 2 aliphatic rings. The molecule has 332 valence electrons. The number of benzene rings is 5. The summed E-state index contributed by atoms with van der Waals surface area (Å²) in [6.45, 7) is 19.1. The smallest absolute Gasteiger partial charge is 0.296 e. The highest BCUT2D eigenvalue weighted by Gasteiger charge is 2.27. The van der Waals surface area contributed by atoms with Crippen LogP contribution in [0.3, 0.4) is 0 Å². The minimum absolute atomic E-state index is 0.0486. The van der Waals surface area contributed by atoms with Crippen molar-refractivity contribution in [3.05, 3.63) is 105 Å². The third kappa shape index (κ3) is 9.86. The Morgan fingerprint density at radius 3 is 1.97 bits per heavy atom. The summed E-state index contributed by atoms with van der Waals surface area (Å²) in [7, 11) is -9.78. The van der Waals surface area contributed by atoms with E-state index in [0.717, 1.165) is 27.8 Å². The zero-order valence-corrected chi connectivity index (χ0v) is 38.8. The first-order valence-electron chi connectivity index (χ1n) is 20.7. The molecule has 1 aliphatic carbocycles. The first-order valence-corrected chi connectivity index (χ1v) is 23.6. The fourth-order valence-electron chi connectivity index (χ4n) is 7.90. The molecule has 1 heterocycles. The van der Waals surface area contributed by atoms with Crippen LogP contribution < -0.4 is 21.3 Å². The van der Waals surface area contributed by atoms with Crippen molar-refractivity contribution in [2.45, 2.75) is 98.3 Å². The molecule has 63 heavy (non-hydrogen) atoms. The normalized spacial score (nSPS) is 12.9. The summed E-state index contributed by atoms with van der Waals surface area (Å²) in [5, 5.41) is 9.85. The molecule has 0 bridgehead atoms. The fourth-order valence-corrected chi connectivity index (χ4v) is 9.25. The number of hydrogen-bond donors (Lipinski definition) is 5. The predicted octanol–water partition coefficient (Wildman–Crippen LogP) is 10.9. The van der Waals surface area contributed by atoms with Gasteiger partial charge in [0.15, 0.2) is 0 Å². The van der Waals surface area contributed by atoms with Crippen LogP contribution in [0.15, 0.2) is 85.9 Å². The molecule has 4 aromatic rings. The highest BCUT2D eigenvalue weighted by atomic mass is 32.2. The molecule has 1 aliphatic heterocycles. The molecule has 6 rings (SSSR count). The average Bonchev–Trinajstić information content (AvgIpc) is 3.20. The van der Waals surface area contributed by atoms with E-state index in [1.807, 2.05) is 74.4 Å². The van der Waals surface area contributed by atoms with Crippen LogP contribution in [0.4, 0.5) is 28.4 Å². The fraction of sp³-hybridized carbons (Fsp3) is 0.312. The number of rotatable bonds is 13. The number of anilines is 4. The molecule has 0 spiro atoms. The van der Waals surface area contributed by atoms with Crippen molar-refractivity contribution in [1.29, 1.82) is 0 Å². The van der Waals surface area contributed by atoms with E-state index in [0.29, 0.717) is 64.4 Å². The van der Waals surface area contributed by atoms with Gasteiger partial charge in [-0.25, -0.2) is 4.99 Å². The maximum atomic E-state index is 13.3. The van der Waals surface area contributed by atoms with Gasteiger partial charge in [0.25, 0.3) is 20.2 Å². The Bertz CT molecular complexity index is 3080. The Morgan fingerprint density at radius 1 is 0.714 bits per heavy atom. The topological polar surface area (TPSA) is 204 Å². The standard InChI is InChI=1S/C48H54N4O9S2/c1-11-26(4)48(54)52-47-30(8)20-27(5)44(31(47)9)49-33-17-18-34-38(22-33)61-39-24-37(50-45-28(6)21-29(7)46(32(45)10)51-42(53)19-16-25(2)3)41(63(58,59)60)23-36(39)43(34)35-14-12-13-15-40(35)62(55,56)57/h12-15,17-18,20-26,50H,11,16,19H2,1-10H3,(H,51,53)(H,52,54)(H,55,56,57)(H,58,59,60). The zero-order valence-electron chi connectivity index (χ0n) is 37.1. The first kappa shape index (κ1) is 46.6. The summed E-state index contributed by atoms with van der Waals surface area (Å²) < 4.78 is 79.9. The van der Waals surface area contributed by atoms with Crippen molar-refractivity contribution in [1.82, 2.24) is 0 Å².